The first-order valence-electron chi connectivity index (χ1n) is 5.57. The average Bonchev–Trinajstić information content (AvgIpc) is 2.75. The van der Waals surface area contributed by atoms with Crippen LogP contribution in [0, 0.1) is 0 Å². The van der Waals surface area contributed by atoms with Crippen LogP contribution in [-0.2, 0) is 4.79 Å². The van der Waals surface area contributed by atoms with Crippen LogP contribution in [0.15, 0.2) is 0 Å². The van der Waals surface area contributed by atoms with Crippen LogP contribution in [0.4, 0.5) is 4.79 Å². The van der Waals surface area contributed by atoms with Gasteiger partial charge in [-0.3, -0.25) is 9.59 Å². The van der Waals surface area contributed by atoms with E-state index < -0.39 is 6.04 Å². The van der Waals surface area contributed by atoms with E-state index in [-0.39, 0.29) is 23.8 Å². The van der Waals surface area contributed by atoms with Crippen molar-refractivity contribution in [3.63, 3.8) is 0 Å². The molecule has 2 fully saturated rings. The van der Waals surface area contributed by atoms with Gasteiger partial charge in [-0.2, -0.15) is 0 Å². The molecule has 2 unspecified atom stereocenters. The van der Waals surface area contributed by atoms with Crippen molar-refractivity contribution < 1.29 is 14.7 Å². The molecule has 2 aliphatic rings. The van der Waals surface area contributed by atoms with Gasteiger partial charge in [-0.25, -0.2) is 0 Å². The Morgan fingerprint density at radius 1 is 1.56 bits per heavy atom. The van der Waals surface area contributed by atoms with E-state index in [1.54, 1.807) is 4.90 Å². The van der Waals surface area contributed by atoms with Crippen molar-refractivity contribution in [1.82, 2.24) is 10.2 Å². The van der Waals surface area contributed by atoms with Crippen molar-refractivity contribution in [2.45, 2.75) is 31.3 Å². The van der Waals surface area contributed by atoms with Crippen LogP contribution in [-0.4, -0.2) is 52.1 Å². The monoisotopic (exact) mass is 244 g/mol. The van der Waals surface area contributed by atoms with Gasteiger partial charge in [0.05, 0.1) is 12.6 Å². The maximum absolute atomic E-state index is 12.1. The van der Waals surface area contributed by atoms with Gasteiger partial charge in [0.1, 0.15) is 6.04 Å². The number of carbonyl (C=O) groups excluding carboxylic acids is 2. The highest BCUT2D eigenvalue weighted by molar-refractivity contribution is 8.14. The molecule has 2 saturated heterocycles. The van der Waals surface area contributed by atoms with E-state index in [1.165, 1.54) is 0 Å². The standard InChI is InChI=1S/C10H16N2O3S/c13-5-7-3-1-2-4-12(7)9(14)8-6-16-10(15)11-8/h7-8,13H,1-6H2,(H,11,15). The number of aliphatic hydroxyl groups is 1. The maximum atomic E-state index is 12.1. The third-order valence-electron chi connectivity index (χ3n) is 3.09. The van der Waals surface area contributed by atoms with E-state index in [1.807, 2.05) is 0 Å². The fraction of sp³-hybridized carbons (Fsp3) is 0.800. The van der Waals surface area contributed by atoms with E-state index in [0.29, 0.717) is 12.3 Å². The van der Waals surface area contributed by atoms with Gasteiger partial charge in [0.2, 0.25) is 5.91 Å². The van der Waals surface area contributed by atoms with Gasteiger partial charge in [0.15, 0.2) is 0 Å². The zero-order chi connectivity index (χ0) is 11.5. The maximum Gasteiger partial charge on any atom is 0.279 e. The minimum Gasteiger partial charge on any atom is -0.394 e. The zero-order valence-corrected chi connectivity index (χ0v) is 9.83. The van der Waals surface area contributed by atoms with Crippen LogP contribution in [0.5, 0.6) is 0 Å². The summed E-state index contributed by atoms with van der Waals surface area (Å²) in [5.41, 5.74) is 0. The van der Waals surface area contributed by atoms with Crippen molar-refractivity contribution in [2.24, 2.45) is 0 Å². The number of thioether (sulfide) groups is 1. The summed E-state index contributed by atoms with van der Waals surface area (Å²) < 4.78 is 0. The van der Waals surface area contributed by atoms with E-state index in [4.69, 9.17) is 0 Å². The number of aliphatic hydroxyl groups excluding tert-OH is 1. The van der Waals surface area contributed by atoms with Crippen molar-refractivity contribution >= 4 is 22.9 Å². The second-order valence-corrected chi connectivity index (χ2v) is 5.15. The molecule has 0 aromatic carbocycles. The number of nitrogens with one attached hydrogen (secondary N) is 1. The summed E-state index contributed by atoms with van der Waals surface area (Å²) in [5.74, 6) is 0.462. The summed E-state index contributed by atoms with van der Waals surface area (Å²) in [6.45, 7) is 0.709. The van der Waals surface area contributed by atoms with Gasteiger partial charge >= 0.3 is 0 Å². The largest absolute Gasteiger partial charge is 0.394 e. The van der Waals surface area contributed by atoms with Crippen LogP contribution in [0.3, 0.4) is 0 Å². The zero-order valence-electron chi connectivity index (χ0n) is 9.02. The molecular formula is C10H16N2O3S. The van der Waals surface area contributed by atoms with Crippen molar-refractivity contribution in [3.05, 3.63) is 0 Å². The molecule has 0 saturated carbocycles. The normalized spacial score (nSPS) is 30.3. The number of amides is 2. The number of piperidine rings is 1. The van der Waals surface area contributed by atoms with Crippen molar-refractivity contribution in [2.75, 3.05) is 18.9 Å². The molecule has 0 spiro atoms. The Balaban J connectivity index is 1.99. The number of nitrogens with zero attached hydrogens (tertiary/aromatic N) is 1. The number of likely N-dealkylation sites (tertiary alicyclic amines) is 1. The Labute approximate surface area is 98.6 Å². The Kier molecular flexibility index (Phi) is 3.70. The fourth-order valence-electron chi connectivity index (χ4n) is 2.20. The molecule has 0 bridgehead atoms. The molecule has 0 aromatic rings. The smallest absolute Gasteiger partial charge is 0.279 e. The summed E-state index contributed by atoms with van der Waals surface area (Å²) in [6, 6.07) is -0.464. The van der Waals surface area contributed by atoms with Crippen LogP contribution < -0.4 is 5.32 Å². The van der Waals surface area contributed by atoms with E-state index >= 15 is 0 Å². The van der Waals surface area contributed by atoms with Gasteiger partial charge in [-0.1, -0.05) is 11.8 Å². The lowest BCUT2D eigenvalue weighted by molar-refractivity contribution is -0.137. The fourth-order valence-corrected chi connectivity index (χ4v) is 2.97. The van der Waals surface area contributed by atoms with Crippen molar-refractivity contribution in [1.29, 1.82) is 0 Å². The third kappa shape index (κ3) is 2.32. The third-order valence-corrected chi connectivity index (χ3v) is 3.97. The molecule has 16 heavy (non-hydrogen) atoms. The highest BCUT2D eigenvalue weighted by atomic mass is 32.2. The SMILES string of the molecule is O=C1NC(C(=O)N2CCCCC2CO)CS1. The number of rotatable bonds is 2. The minimum atomic E-state index is -0.398. The molecule has 2 N–H and O–H groups in total. The molecule has 0 radical (unpaired) electrons. The molecule has 2 heterocycles. The van der Waals surface area contributed by atoms with Crippen LogP contribution in [0.2, 0.25) is 0 Å². The minimum absolute atomic E-state index is 0.0134. The quantitative estimate of drug-likeness (QED) is 0.727. The van der Waals surface area contributed by atoms with Crippen molar-refractivity contribution in [3.8, 4) is 0 Å². The lowest BCUT2D eigenvalue weighted by Gasteiger charge is -2.36. The summed E-state index contributed by atoms with van der Waals surface area (Å²) in [4.78, 5) is 24.8. The Morgan fingerprint density at radius 2 is 2.38 bits per heavy atom. The lowest BCUT2D eigenvalue weighted by Crippen LogP contribution is -2.52. The molecule has 5 nitrogen and oxygen atoms in total. The van der Waals surface area contributed by atoms with Gasteiger partial charge in [-0.05, 0) is 19.3 Å². The highest BCUT2D eigenvalue weighted by Gasteiger charge is 2.35. The molecule has 90 valence electrons. The summed E-state index contributed by atoms with van der Waals surface area (Å²) in [6.07, 6.45) is 2.90. The Bertz CT molecular complexity index is 298. The first-order valence-corrected chi connectivity index (χ1v) is 6.55. The highest BCUT2D eigenvalue weighted by Crippen LogP contribution is 2.21. The first kappa shape index (κ1) is 11.7. The topological polar surface area (TPSA) is 69.6 Å². The van der Waals surface area contributed by atoms with E-state index in [0.717, 1.165) is 31.0 Å². The molecule has 0 aliphatic carbocycles. The molecule has 2 amide bonds. The molecule has 2 aliphatic heterocycles. The molecule has 2 atom stereocenters. The molecule has 0 aromatic heterocycles. The van der Waals surface area contributed by atoms with Crippen LogP contribution in [0.1, 0.15) is 19.3 Å². The average molecular weight is 244 g/mol. The molecule has 2 rings (SSSR count). The van der Waals surface area contributed by atoms with Crippen LogP contribution in [0.25, 0.3) is 0 Å². The second-order valence-electron chi connectivity index (χ2n) is 4.16. The van der Waals surface area contributed by atoms with Gasteiger partial charge in [0.25, 0.3) is 5.24 Å². The number of hydrogen-bond donors (Lipinski definition) is 2. The predicted octanol–water partition coefficient (Wildman–Crippen LogP) is 0.185. The van der Waals surface area contributed by atoms with E-state index in [2.05, 4.69) is 5.32 Å². The van der Waals surface area contributed by atoms with Gasteiger partial charge in [-0.15, -0.1) is 0 Å². The predicted molar refractivity (Wildman–Crippen MR) is 61.2 cm³/mol. The summed E-state index contributed by atoms with van der Waals surface area (Å²) in [7, 11) is 0. The Hall–Kier alpha value is -0.750. The second kappa shape index (κ2) is 5.05. The Morgan fingerprint density at radius 3 is 3.00 bits per heavy atom. The van der Waals surface area contributed by atoms with Gasteiger partial charge < -0.3 is 15.3 Å². The molecule has 6 heteroatoms. The summed E-state index contributed by atoms with van der Waals surface area (Å²) >= 11 is 1.15. The number of carbonyl (C=O) groups is 2. The van der Waals surface area contributed by atoms with Crippen LogP contribution >= 0.6 is 11.8 Å². The summed E-state index contributed by atoms with van der Waals surface area (Å²) in [5, 5.41) is 11.7. The first-order chi connectivity index (χ1) is 7.72. The molecular weight excluding hydrogens is 228 g/mol. The lowest BCUT2D eigenvalue weighted by atomic mass is 10.0. The number of hydrogen-bond acceptors (Lipinski definition) is 4. The van der Waals surface area contributed by atoms with Gasteiger partial charge in [0, 0.05) is 12.3 Å². The van der Waals surface area contributed by atoms with E-state index in [9.17, 15) is 14.7 Å².